The average Bonchev–Trinajstić information content (AvgIpc) is 2.76. The SMILES string of the molecule is Cc1cccc(N(CC(=O)NCCCc2ccccc2Cl)S(=O)(=O)c2ccccc2)c1. The number of anilines is 1. The van der Waals surface area contributed by atoms with E-state index < -0.39 is 10.0 Å². The Morgan fingerprint density at radius 2 is 1.68 bits per heavy atom. The Kier molecular flexibility index (Phi) is 7.71. The standard InChI is InChI=1S/C24H25ClN2O3S/c1-19-9-7-12-21(17-19)27(31(29,30)22-13-3-2-4-14-22)18-24(28)26-16-8-11-20-10-5-6-15-23(20)25/h2-7,9-10,12-15,17H,8,11,16,18H2,1H3,(H,26,28). The van der Waals surface area contributed by atoms with Gasteiger partial charge in [0.1, 0.15) is 6.54 Å². The predicted octanol–water partition coefficient (Wildman–Crippen LogP) is 4.59. The number of halogens is 1. The number of nitrogens with one attached hydrogen (secondary N) is 1. The molecule has 3 aromatic rings. The number of amides is 1. The minimum atomic E-state index is -3.89. The van der Waals surface area contributed by atoms with Crippen LogP contribution in [-0.4, -0.2) is 27.4 Å². The smallest absolute Gasteiger partial charge is 0.264 e. The van der Waals surface area contributed by atoms with Gasteiger partial charge >= 0.3 is 0 Å². The Hall–Kier alpha value is -2.83. The van der Waals surface area contributed by atoms with E-state index in [1.165, 1.54) is 12.1 Å². The molecule has 7 heteroatoms. The van der Waals surface area contributed by atoms with Crippen molar-refractivity contribution in [2.24, 2.45) is 0 Å². The van der Waals surface area contributed by atoms with Crippen LogP contribution in [0, 0.1) is 6.92 Å². The lowest BCUT2D eigenvalue weighted by atomic mass is 10.1. The van der Waals surface area contributed by atoms with Gasteiger partial charge in [0.05, 0.1) is 10.6 Å². The molecule has 162 valence electrons. The lowest BCUT2D eigenvalue weighted by Crippen LogP contribution is -2.41. The Morgan fingerprint density at radius 1 is 0.968 bits per heavy atom. The second-order valence-corrected chi connectivity index (χ2v) is 9.48. The maximum absolute atomic E-state index is 13.3. The zero-order valence-corrected chi connectivity index (χ0v) is 18.9. The van der Waals surface area contributed by atoms with E-state index in [-0.39, 0.29) is 17.3 Å². The van der Waals surface area contributed by atoms with Crippen LogP contribution in [0.1, 0.15) is 17.5 Å². The fraction of sp³-hybridized carbons (Fsp3) is 0.208. The molecule has 0 aromatic heterocycles. The lowest BCUT2D eigenvalue weighted by molar-refractivity contribution is -0.119. The van der Waals surface area contributed by atoms with Crippen molar-refractivity contribution in [3.8, 4) is 0 Å². The van der Waals surface area contributed by atoms with E-state index in [0.717, 1.165) is 21.9 Å². The molecule has 0 unspecified atom stereocenters. The van der Waals surface area contributed by atoms with Crippen molar-refractivity contribution in [1.82, 2.24) is 5.32 Å². The van der Waals surface area contributed by atoms with E-state index in [0.29, 0.717) is 23.7 Å². The second-order valence-electron chi connectivity index (χ2n) is 7.21. The third-order valence-corrected chi connectivity index (χ3v) is 6.97. The monoisotopic (exact) mass is 456 g/mol. The van der Waals surface area contributed by atoms with Gasteiger partial charge in [0, 0.05) is 11.6 Å². The average molecular weight is 457 g/mol. The van der Waals surface area contributed by atoms with Gasteiger partial charge in [-0.2, -0.15) is 0 Å². The van der Waals surface area contributed by atoms with Crippen molar-refractivity contribution in [3.63, 3.8) is 0 Å². The third kappa shape index (κ3) is 6.09. The number of nitrogens with zero attached hydrogens (tertiary/aromatic N) is 1. The molecule has 5 nitrogen and oxygen atoms in total. The van der Waals surface area contributed by atoms with Crippen LogP contribution in [0.3, 0.4) is 0 Å². The van der Waals surface area contributed by atoms with Crippen molar-refractivity contribution in [1.29, 1.82) is 0 Å². The molecule has 0 aliphatic rings. The first-order chi connectivity index (χ1) is 14.9. The van der Waals surface area contributed by atoms with E-state index >= 15 is 0 Å². The predicted molar refractivity (Wildman–Crippen MR) is 125 cm³/mol. The molecule has 1 N–H and O–H groups in total. The first-order valence-electron chi connectivity index (χ1n) is 10.0. The van der Waals surface area contributed by atoms with Crippen LogP contribution in [0.2, 0.25) is 5.02 Å². The van der Waals surface area contributed by atoms with Crippen molar-refractivity contribution in [3.05, 3.63) is 95.0 Å². The fourth-order valence-corrected chi connectivity index (χ4v) is 4.88. The maximum Gasteiger partial charge on any atom is 0.264 e. The van der Waals surface area contributed by atoms with Gasteiger partial charge in [-0.25, -0.2) is 8.42 Å². The van der Waals surface area contributed by atoms with Gasteiger partial charge < -0.3 is 5.32 Å². The molecule has 0 heterocycles. The van der Waals surface area contributed by atoms with E-state index in [1.54, 1.807) is 36.4 Å². The number of carbonyl (C=O) groups is 1. The van der Waals surface area contributed by atoms with Gasteiger partial charge in [-0.15, -0.1) is 0 Å². The highest BCUT2D eigenvalue weighted by Gasteiger charge is 2.27. The van der Waals surface area contributed by atoms with Gasteiger partial charge in [-0.3, -0.25) is 9.10 Å². The molecular weight excluding hydrogens is 432 g/mol. The first kappa shape index (κ1) is 22.8. The van der Waals surface area contributed by atoms with E-state index in [2.05, 4.69) is 5.32 Å². The number of sulfonamides is 1. The maximum atomic E-state index is 13.3. The topological polar surface area (TPSA) is 66.5 Å². The van der Waals surface area contributed by atoms with Crippen LogP contribution < -0.4 is 9.62 Å². The normalized spacial score (nSPS) is 11.2. The largest absolute Gasteiger partial charge is 0.355 e. The summed E-state index contributed by atoms with van der Waals surface area (Å²) < 4.78 is 27.7. The number of aryl methyl sites for hydroxylation is 2. The molecule has 0 atom stereocenters. The van der Waals surface area contributed by atoms with Gasteiger partial charge in [0.2, 0.25) is 5.91 Å². The summed E-state index contributed by atoms with van der Waals surface area (Å²) in [6, 6.07) is 22.8. The lowest BCUT2D eigenvalue weighted by Gasteiger charge is -2.24. The summed E-state index contributed by atoms with van der Waals surface area (Å²) in [6.07, 6.45) is 1.43. The summed E-state index contributed by atoms with van der Waals surface area (Å²) in [6.45, 7) is 2.01. The number of benzene rings is 3. The third-order valence-electron chi connectivity index (χ3n) is 4.81. The van der Waals surface area contributed by atoms with Crippen molar-refractivity contribution in [2.45, 2.75) is 24.7 Å². The van der Waals surface area contributed by atoms with Gasteiger partial charge in [0.15, 0.2) is 0 Å². The van der Waals surface area contributed by atoms with E-state index in [4.69, 9.17) is 11.6 Å². The van der Waals surface area contributed by atoms with E-state index in [9.17, 15) is 13.2 Å². The Labute approximate surface area is 188 Å². The van der Waals surface area contributed by atoms with Crippen LogP contribution >= 0.6 is 11.6 Å². The van der Waals surface area contributed by atoms with Crippen molar-refractivity contribution < 1.29 is 13.2 Å². The van der Waals surface area contributed by atoms with E-state index in [1.807, 2.05) is 37.3 Å². The molecule has 1 amide bonds. The second kappa shape index (κ2) is 10.5. The molecule has 0 fully saturated rings. The summed E-state index contributed by atoms with van der Waals surface area (Å²) in [4.78, 5) is 12.8. The minimum Gasteiger partial charge on any atom is -0.355 e. The summed E-state index contributed by atoms with van der Waals surface area (Å²) in [5, 5.41) is 3.52. The quantitative estimate of drug-likeness (QED) is 0.479. The molecule has 0 saturated carbocycles. The zero-order valence-electron chi connectivity index (χ0n) is 17.3. The molecule has 0 saturated heterocycles. The molecule has 0 spiro atoms. The Morgan fingerprint density at radius 3 is 2.39 bits per heavy atom. The molecule has 0 aliphatic carbocycles. The van der Waals surface area contributed by atoms with Crippen LogP contribution in [0.15, 0.2) is 83.8 Å². The molecule has 31 heavy (non-hydrogen) atoms. The van der Waals surface area contributed by atoms with Crippen LogP contribution in [0.5, 0.6) is 0 Å². The summed E-state index contributed by atoms with van der Waals surface area (Å²) in [7, 11) is -3.89. The molecule has 3 aromatic carbocycles. The number of rotatable bonds is 9. The molecule has 0 aliphatic heterocycles. The van der Waals surface area contributed by atoms with Gasteiger partial charge in [0.25, 0.3) is 10.0 Å². The summed E-state index contributed by atoms with van der Waals surface area (Å²) in [5.41, 5.74) is 2.38. The fourth-order valence-electron chi connectivity index (χ4n) is 3.21. The van der Waals surface area contributed by atoms with Crippen LogP contribution in [-0.2, 0) is 21.2 Å². The highest BCUT2D eigenvalue weighted by Crippen LogP contribution is 2.24. The van der Waals surface area contributed by atoms with Gasteiger partial charge in [-0.1, -0.05) is 60.1 Å². The summed E-state index contributed by atoms with van der Waals surface area (Å²) in [5.74, 6) is -0.361. The Bertz CT molecular complexity index is 1130. The number of carbonyl (C=O) groups excluding carboxylic acids is 1. The summed E-state index contributed by atoms with van der Waals surface area (Å²) >= 11 is 6.16. The Balaban J connectivity index is 1.70. The van der Waals surface area contributed by atoms with Crippen LogP contribution in [0.4, 0.5) is 5.69 Å². The molecule has 3 rings (SSSR count). The zero-order chi connectivity index (χ0) is 22.3. The molecular formula is C24H25ClN2O3S. The highest BCUT2D eigenvalue weighted by molar-refractivity contribution is 7.92. The van der Waals surface area contributed by atoms with Crippen molar-refractivity contribution >= 4 is 33.2 Å². The van der Waals surface area contributed by atoms with Crippen LogP contribution in [0.25, 0.3) is 0 Å². The number of hydrogen-bond acceptors (Lipinski definition) is 3. The minimum absolute atomic E-state index is 0.142. The number of hydrogen-bond donors (Lipinski definition) is 1. The first-order valence-corrected chi connectivity index (χ1v) is 11.8. The molecule has 0 radical (unpaired) electrons. The van der Waals surface area contributed by atoms with Crippen molar-refractivity contribution in [2.75, 3.05) is 17.4 Å². The highest BCUT2D eigenvalue weighted by atomic mass is 35.5. The van der Waals surface area contributed by atoms with Gasteiger partial charge in [-0.05, 0) is 61.2 Å². The molecule has 0 bridgehead atoms.